The number of hydrogen-bond donors (Lipinski definition) is 1. The molecule has 1 N–H and O–H groups in total. The van der Waals surface area contributed by atoms with Gasteiger partial charge in [-0.15, -0.1) is 0 Å². The van der Waals surface area contributed by atoms with Crippen LogP contribution in [0, 0.1) is 0 Å². The van der Waals surface area contributed by atoms with Crippen LogP contribution in [0.5, 0.6) is 0 Å². The SMILES string of the molecule is CN1CCN(c2ccc(CO)c(C(F)(F)F)c2)CC1. The van der Waals surface area contributed by atoms with E-state index in [9.17, 15) is 13.2 Å². The average molecular weight is 274 g/mol. The summed E-state index contributed by atoms with van der Waals surface area (Å²) in [6.45, 7) is 2.50. The summed E-state index contributed by atoms with van der Waals surface area (Å²) < 4.78 is 38.7. The lowest BCUT2D eigenvalue weighted by Crippen LogP contribution is -2.44. The van der Waals surface area contributed by atoms with Crippen molar-refractivity contribution in [1.82, 2.24) is 4.90 Å². The van der Waals surface area contributed by atoms with E-state index in [0.717, 1.165) is 19.2 Å². The molecular weight excluding hydrogens is 257 g/mol. The standard InChI is InChI=1S/C13H17F3N2O/c1-17-4-6-18(7-5-17)11-3-2-10(9-19)12(8-11)13(14,15)16/h2-3,8,19H,4-7,9H2,1H3. The number of hydrogen-bond acceptors (Lipinski definition) is 3. The van der Waals surface area contributed by atoms with E-state index in [-0.39, 0.29) is 5.56 Å². The molecule has 0 atom stereocenters. The maximum Gasteiger partial charge on any atom is 0.416 e. The van der Waals surface area contributed by atoms with E-state index >= 15 is 0 Å². The van der Waals surface area contributed by atoms with Crippen molar-refractivity contribution in [2.24, 2.45) is 0 Å². The molecule has 3 nitrogen and oxygen atoms in total. The molecule has 0 aliphatic carbocycles. The van der Waals surface area contributed by atoms with Crippen LogP contribution in [0.2, 0.25) is 0 Å². The molecule has 2 rings (SSSR count). The second kappa shape index (κ2) is 5.38. The van der Waals surface area contributed by atoms with Gasteiger partial charge in [0, 0.05) is 31.9 Å². The van der Waals surface area contributed by atoms with E-state index in [2.05, 4.69) is 4.90 Å². The minimum Gasteiger partial charge on any atom is -0.392 e. The second-order valence-corrected chi connectivity index (χ2v) is 4.79. The van der Waals surface area contributed by atoms with Gasteiger partial charge in [0.05, 0.1) is 12.2 Å². The van der Waals surface area contributed by atoms with Gasteiger partial charge in [-0.05, 0) is 24.7 Å². The Bertz CT molecular complexity index is 440. The molecule has 0 bridgehead atoms. The Morgan fingerprint density at radius 2 is 1.79 bits per heavy atom. The van der Waals surface area contributed by atoms with Gasteiger partial charge >= 0.3 is 6.18 Å². The van der Waals surface area contributed by atoms with Gasteiger partial charge in [0.1, 0.15) is 0 Å². The van der Waals surface area contributed by atoms with Crippen molar-refractivity contribution in [1.29, 1.82) is 0 Å². The van der Waals surface area contributed by atoms with Crippen LogP contribution in [0.3, 0.4) is 0 Å². The first kappa shape index (κ1) is 14.1. The van der Waals surface area contributed by atoms with Crippen molar-refractivity contribution in [2.75, 3.05) is 38.1 Å². The summed E-state index contributed by atoms with van der Waals surface area (Å²) in [5.74, 6) is 0. The summed E-state index contributed by atoms with van der Waals surface area (Å²) in [5.41, 5.74) is -0.255. The Kier molecular flexibility index (Phi) is 4.01. The van der Waals surface area contributed by atoms with Crippen molar-refractivity contribution in [3.8, 4) is 0 Å². The number of likely N-dealkylation sites (N-methyl/N-ethyl adjacent to an activating group) is 1. The molecule has 1 aliphatic heterocycles. The van der Waals surface area contributed by atoms with Crippen molar-refractivity contribution in [3.05, 3.63) is 29.3 Å². The number of aliphatic hydroxyl groups excluding tert-OH is 1. The Hall–Kier alpha value is -1.27. The van der Waals surface area contributed by atoms with Gasteiger partial charge in [-0.1, -0.05) is 6.07 Å². The molecule has 6 heteroatoms. The van der Waals surface area contributed by atoms with Crippen molar-refractivity contribution >= 4 is 5.69 Å². The molecule has 0 amide bonds. The number of nitrogens with zero attached hydrogens (tertiary/aromatic N) is 2. The highest BCUT2D eigenvalue weighted by atomic mass is 19.4. The van der Waals surface area contributed by atoms with Crippen LogP contribution in [0.25, 0.3) is 0 Å². The van der Waals surface area contributed by atoms with Gasteiger partial charge in [-0.2, -0.15) is 13.2 Å². The first-order valence-corrected chi connectivity index (χ1v) is 6.16. The Morgan fingerprint density at radius 3 is 2.32 bits per heavy atom. The monoisotopic (exact) mass is 274 g/mol. The zero-order valence-corrected chi connectivity index (χ0v) is 10.7. The molecule has 0 aromatic heterocycles. The molecule has 1 heterocycles. The van der Waals surface area contributed by atoms with E-state index in [1.54, 1.807) is 6.07 Å². The smallest absolute Gasteiger partial charge is 0.392 e. The van der Waals surface area contributed by atoms with Crippen molar-refractivity contribution in [3.63, 3.8) is 0 Å². The number of piperazine rings is 1. The molecule has 19 heavy (non-hydrogen) atoms. The van der Waals surface area contributed by atoms with Crippen molar-refractivity contribution in [2.45, 2.75) is 12.8 Å². The third-order valence-electron chi connectivity index (χ3n) is 3.44. The van der Waals surface area contributed by atoms with E-state index in [1.165, 1.54) is 6.07 Å². The molecular formula is C13H17F3N2O. The van der Waals surface area contributed by atoms with Crippen molar-refractivity contribution < 1.29 is 18.3 Å². The highest BCUT2D eigenvalue weighted by Crippen LogP contribution is 2.34. The number of alkyl halides is 3. The van der Waals surface area contributed by atoms with Gasteiger partial charge in [-0.3, -0.25) is 0 Å². The van der Waals surface area contributed by atoms with Crippen LogP contribution in [-0.2, 0) is 12.8 Å². The van der Waals surface area contributed by atoms with Gasteiger partial charge in [0.25, 0.3) is 0 Å². The van der Waals surface area contributed by atoms with Gasteiger partial charge in [0.2, 0.25) is 0 Å². The minimum absolute atomic E-state index is 0.0784. The molecule has 0 radical (unpaired) electrons. The molecule has 1 aromatic carbocycles. The summed E-state index contributed by atoms with van der Waals surface area (Å²) in [4.78, 5) is 4.08. The topological polar surface area (TPSA) is 26.7 Å². The zero-order chi connectivity index (χ0) is 14.0. The lowest BCUT2D eigenvalue weighted by atomic mass is 10.1. The lowest BCUT2D eigenvalue weighted by molar-refractivity contribution is -0.138. The summed E-state index contributed by atoms with van der Waals surface area (Å²) in [7, 11) is 1.99. The van der Waals surface area contributed by atoms with Gasteiger partial charge in [-0.25, -0.2) is 0 Å². The molecule has 0 unspecified atom stereocenters. The Labute approximate surface area is 110 Å². The van der Waals surface area contributed by atoms with E-state index in [0.29, 0.717) is 18.8 Å². The van der Waals surface area contributed by atoms with Crippen LogP contribution in [0.15, 0.2) is 18.2 Å². The van der Waals surface area contributed by atoms with Gasteiger partial charge < -0.3 is 14.9 Å². The fraction of sp³-hybridized carbons (Fsp3) is 0.538. The highest BCUT2D eigenvalue weighted by Gasteiger charge is 2.33. The highest BCUT2D eigenvalue weighted by molar-refractivity contribution is 5.52. The first-order valence-electron chi connectivity index (χ1n) is 6.16. The Morgan fingerprint density at radius 1 is 1.16 bits per heavy atom. The molecule has 1 aliphatic rings. The lowest BCUT2D eigenvalue weighted by Gasteiger charge is -2.34. The number of rotatable bonds is 2. The summed E-state index contributed by atoms with van der Waals surface area (Å²) in [6.07, 6.45) is -4.43. The number of aliphatic hydroxyl groups is 1. The normalized spacial score (nSPS) is 17.8. The maximum atomic E-state index is 12.9. The van der Waals surface area contributed by atoms with E-state index in [1.807, 2.05) is 11.9 Å². The summed E-state index contributed by atoms with van der Waals surface area (Å²) in [5, 5.41) is 9.00. The van der Waals surface area contributed by atoms with Crippen LogP contribution in [0.4, 0.5) is 18.9 Å². The largest absolute Gasteiger partial charge is 0.416 e. The fourth-order valence-corrected chi connectivity index (χ4v) is 2.23. The second-order valence-electron chi connectivity index (χ2n) is 4.79. The number of anilines is 1. The predicted molar refractivity (Wildman–Crippen MR) is 67.1 cm³/mol. The summed E-state index contributed by atoms with van der Waals surface area (Å²) in [6, 6.07) is 4.14. The molecule has 1 fully saturated rings. The van der Waals surface area contributed by atoms with E-state index in [4.69, 9.17) is 5.11 Å². The van der Waals surface area contributed by atoms with Crippen LogP contribution < -0.4 is 4.90 Å². The predicted octanol–water partition coefficient (Wildman–Crippen LogP) is 1.95. The fourth-order valence-electron chi connectivity index (χ4n) is 2.23. The third kappa shape index (κ3) is 3.19. The van der Waals surface area contributed by atoms with Crippen LogP contribution in [-0.4, -0.2) is 43.2 Å². The Balaban J connectivity index is 2.28. The maximum absolute atomic E-state index is 12.9. The zero-order valence-electron chi connectivity index (χ0n) is 10.7. The molecule has 0 spiro atoms. The average Bonchev–Trinajstić information content (AvgIpc) is 2.38. The third-order valence-corrected chi connectivity index (χ3v) is 3.44. The van der Waals surface area contributed by atoms with Crippen LogP contribution in [0.1, 0.15) is 11.1 Å². The molecule has 0 saturated carbocycles. The molecule has 106 valence electrons. The number of benzene rings is 1. The quantitative estimate of drug-likeness (QED) is 0.893. The summed E-state index contributed by atoms with van der Waals surface area (Å²) >= 11 is 0. The van der Waals surface area contributed by atoms with Crippen LogP contribution >= 0.6 is 0 Å². The van der Waals surface area contributed by atoms with E-state index < -0.39 is 18.3 Å². The van der Waals surface area contributed by atoms with Gasteiger partial charge in [0.15, 0.2) is 0 Å². The molecule has 1 aromatic rings. The minimum atomic E-state index is -4.43. The first-order chi connectivity index (χ1) is 8.91. The molecule has 1 saturated heterocycles. The number of halogens is 3.